The molecule has 0 saturated heterocycles. The minimum Gasteiger partial charge on any atom is -0.255 e. The highest BCUT2D eigenvalue weighted by Gasteiger charge is 2.25. The molecule has 0 bridgehead atoms. The van der Waals surface area contributed by atoms with Crippen LogP contribution in [0, 0.1) is 6.92 Å². The second kappa shape index (κ2) is 5.24. The van der Waals surface area contributed by atoms with Crippen LogP contribution >= 0.6 is 11.3 Å². The van der Waals surface area contributed by atoms with Gasteiger partial charge in [-0.1, -0.05) is 6.07 Å². The van der Waals surface area contributed by atoms with Crippen molar-refractivity contribution in [2.45, 2.75) is 26.2 Å². The minimum atomic E-state index is 0.893. The molecule has 4 nitrogen and oxygen atoms in total. The molecule has 24 heavy (non-hydrogen) atoms. The fourth-order valence-electron chi connectivity index (χ4n) is 3.44. The molecule has 0 spiro atoms. The molecule has 0 aliphatic heterocycles. The Morgan fingerprint density at radius 1 is 1.12 bits per heavy atom. The third-order valence-electron chi connectivity index (χ3n) is 4.52. The summed E-state index contributed by atoms with van der Waals surface area (Å²) in [6.07, 6.45) is 5.20. The van der Waals surface area contributed by atoms with E-state index < -0.39 is 0 Å². The first-order chi connectivity index (χ1) is 11.8. The number of pyridine rings is 2. The molecule has 0 atom stereocenters. The van der Waals surface area contributed by atoms with Crippen LogP contribution in [0.1, 0.15) is 23.4 Å². The van der Waals surface area contributed by atoms with Crippen LogP contribution < -0.4 is 0 Å². The molecule has 5 heteroatoms. The minimum absolute atomic E-state index is 0.893. The quantitative estimate of drug-likeness (QED) is 0.548. The highest BCUT2D eigenvalue weighted by Crippen LogP contribution is 2.39. The zero-order valence-corrected chi connectivity index (χ0v) is 14.2. The molecular weight excluding hydrogens is 316 g/mol. The zero-order chi connectivity index (χ0) is 16.1. The second-order valence-electron chi connectivity index (χ2n) is 6.17. The van der Waals surface area contributed by atoms with Crippen LogP contribution in [-0.2, 0) is 12.8 Å². The van der Waals surface area contributed by atoms with Crippen LogP contribution in [-0.4, -0.2) is 19.7 Å². The highest BCUT2D eigenvalue weighted by atomic mass is 32.1. The summed E-state index contributed by atoms with van der Waals surface area (Å²) >= 11 is 1.78. The maximum Gasteiger partial charge on any atom is 0.154 e. The summed E-state index contributed by atoms with van der Waals surface area (Å²) in [5.41, 5.74) is 5.86. The molecule has 5 rings (SSSR count). The van der Waals surface area contributed by atoms with Crippen molar-refractivity contribution >= 4 is 21.6 Å². The van der Waals surface area contributed by atoms with E-state index in [9.17, 15) is 0 Å². The van der Waals surface area contributed by atoms with Crippen LogP contribution in [0.5, 0.6) is 0 Å². The number of aryl methyl sites for hydroxylation is 2. The molecule has 4 aromatic heterocycles. The maximum absolute atomic E-state index is 4.89. The first-order valence-electron chi connectivity index (χ1n) is 8.19. The van der Waals surface area contributed by atoms with Crippen LogP contribution in [0.4, 0.5) is 0 Å². The van der Waals surface area contributed by atoms with Gasteiger partial charge in [0, 0.05) is 17.5 Å². The van der Waals surface area contributed by atoms with Gasteiger partial charge >= 0.3 is 0 Å². The molecule has 1 aliphatic rings. The van der Waals surface area contributed by atoms with E-state index >= 15 is 0 Å². The van der Waals surface area contributed by atoms with Crippen molar-refractivity contribution in [3.05, 3.63) is 59.5 Å². The van der Waals surface area contributed by atoms with E-state index in [4.69, 9.17) is 5.10 Å². The molecule has 0 aromatic carbocycles. The first kappa shape index (κ1) is 13.9. The molecule has 118 valence electrons. The van der Waals surface area contributed by atoms with Crippen molar-refractivity contribution in [3.63, 3.8) is 0 Å². The number of hydrogen-bond donors (Lipinski definition) is 0. The van der Waals surface area contributed by atoms with Crippen molar-refractivity contribution in [1.29, 1.82) is 0 Å². The third kappa shape index (κ3) is 2.08. The van der Waals surface area contributed by atoms with Crippen molar-refractivity contribution in [2.75, 3.05) is 0 Å². The maximum atomic E-state index is 4.89. The lowest BCUT2D eigenvalue weighted by atomic mass is 10.1. The largest absolute Gasteiger partial charge is 0.255 e. The second-order valence-corrected chi connectivity index (χ2v) is 7.26. The lowest BCUT2D eigenvalue weighted by Crippen LogP contribution is -2.03. The van der Waals surface area contributed by atoms with E-state index in [2.05, 4.69) is 22.1 Å². The van der Waals surface area contributed by atoms with E-state index in [-0.39, 0.29) is 0 Å². The average Bonchev–Trinajstić information content (AvgIpc) is 3.27. The lowest BCUT2D eigenvalue weighted by Gasteiger charge is -2.07. The van der Waals surface area contributed by atoms with Crippen molar-refractivity contribution in [2.24, 2.45) is 0 Å². The van der Waals surface area contributed by atoms with Gasteiger partial charge in [-0.15, -0.1) is 11.3 Å². The first-order valence-corrected chi connectivity index (χ1v) is 9.01. The topological polar surface area (TPSA) is 43.6 Å². The Morgan fingerprint density at radius 3 is 2.96 bits per heavy atom. The number of aromatic nitrogens is 4. The molecule has 4 heterocycles. The van der Waals surface area contributed by atoms with Gasteiger partial charge in [0.05, 0.1) is 26.5 Å². The Morgan fingerprint density at radius 2 is 2.08 bits per heavy atom. The van der Waals surface area contributed by atoms with E-state index in [0.717, 1.165) is 29.9 Å². The van der Waals surface area contributed by atoms with Crippen LogP contribution in [0.2, 0.25) is 0 Å². The molecule has 0 unspecified atom stereocenters. The van der Waals surface area contributed by atoms with Gasteiger partial charge in [-0.2, -0.15) is 5.10 Å². The molecular formula is C19H16N4S. The Labute approximate surface area is 143 Å². The molecule has 0 fully saturated rings. The van der Waals surface area contributed by atoms with E-state index in [1.807, 2.05) is 42.1 Å². The summed E-state index contributed by atoms with van der Waals surface area (Å²) in [4.78, 5) is 10.4. The number of thiophene rings is 1. The number of rotatable bonds is 2. The summed E-state index contributed by atoms with van der Waals surface area (Å²) in [6, 6.07) is 12.4. The molecule has 4 aromatic rings. The fourth-order valence-corrected chi connectivity index (χ4v) is 4.52. The van der Waals surface area contributed by atoms with Crippen LogP contribution in [0.25, 0.3) is 26.6 Å². The number of nitrogens with zero attached hydrogens (tertiary/aromatic N) is 4. The third-order valence-corrected chi connectivity index (χ3v) is 5.61. The van der Waals surface area contributed by atoms with E-state index in [0.29, 0.717) is 0 Å². The Hall–Kier alpha value is -2.53. The smallest absolute Gasteiger partial charge is 0.154 e. The monoisotopic (exact) mass is 332 g/mol. The number of fused-ring (bicyclic) bond motifs is 2. The summed E-state index contributed by atoms with van der Waals surface area (Å²) in [6.45, 7) is 2.02. The number of hydrogen-bond acceptors (Lipinski definition) is 4. The average molecular weight is 332 g/mol. The molecule has 0 N–H and O–H groups in total. The van der Waals surface area contributed by atoms with E-state index in [1.54, 1.807) is 11.3 Å². The Balaban J connectivity index is 1.77. The van der Waals surface area contributed by atoms with Crippen LogP contribution in [0.15, 0.2) is 42.6 Å². The van der Waals surface area contributed by atoms with Crippen molar-refractivity contribution in [3.8, 4) is 16.4 Å². The lowest BCUT2D eigenvalue weighted by molar-refractivity contribution is 0.788. The summed E-state index contributed by atoms with van der Waals surface area (Å²) in [5.74, 6) is 0.893. The molecule has 0 amide bonds. The van der Waals surface area contributed by atoms with Crippen molar-refractivity contribution in [1.82, 2.24) is 19.7 Å². The van der Waals surface area contributed by atoms with Crippen molar-refractivity contribution < 1.29 is 0 Å². The summed E-state index contributed by atoms with van der Waals surface area (Å²) in [5, 5.41) is 4.89. The Kier molecular flexibility index (Phi) is 3.03. The van der Waals surface area contributed by atoms with Gasteiger partial charge in [0.2, 0.25) is 0 Å². The molecule has 1 aliphatic carbocycles. The molecule has 0 saturated carbocycles. The van der Waals surface area contributed by atoms with Gasteiger partial charge in [0.1, 0.15) is 0 Å². The van der Waals surface area contributed by atoms with Gasteiger partial charge in [0.25, 0.3) is 0 Å². The fraction of sp³-hybridized carbons (Fsp3) is 0.211. The Bertz CT molecular complexity index is 1030. The van der Waals surface area contributed by atoms with E-state index in [1.165, 1.54) is 32.9 Å². The van der Waals surface area contributed by atoms with Gasteiger partial charge < -0.3 is 0 Å². The zero-order valence-electron chi connectivity index (χ0n) is 13.4. The standard InChI is InChI=1S/C19H16N4S/c1-12-5-2-9-18(21-12)23-19(13-6-3-7-14(13)22-23)17-11-15-16(24-17)8-4-10-20-15/h2,4-5,8-11H,3,6-7H2,1H3. The molecule has 0 radical (unpaired) electrons. The predicted octanol–water partition coefficient (Wildman–Crippen LogP) is 4.34. The SMILES string of the molecule is Cc1cccc(-n2nc3c(c2-c2cc4ncccc4s2)CCC3)n1. The van der Waals surface area contributed by atoms with Crippen LogP contribution in [0.3, 0.4) is 0 Å². The summed E-state index contributed by atoms with van der Waals surface area (Å²) in [7, 11) is 0. The van der Waals surface area contributed by atoms with Gasteiger partial charge in [0.15, 0.2) is 5.82 Å². The summed E-state index contributed by atoms with van der Waals surface area (Å²) < 4.78 is 3.24. The normalized spacial score (nSPS) is 13.5. The van der Waals surface area contributed by atoms with Gasteiger partial charge in [-0.05, 0) is 56.5 Å². The van der Waals surface area contributed by atoms with Gasteiger partial charge in [-0.25, -0.2) is 9.67 Å². The highest BCUT2D eigenvalue weighted by molar-refractivity contribution is 7.22. The predicted molar refractivity (Wildman–Crippen MR) is 96.7 cm³/mol. The van der Waals surface area contributed by atoms with Gasteiger partial charge in [-0.3, -0.25) is 4.98 Å².